The molecule has 22 heavy (non-hydrogen) atoms. The summed E-state index contributed by atoms with van der Waals surface area (Å²) >= 11 is 0. The van der Waals surface area contributed by atoms with Crippen LogP contribution >= 0.6 is 0 Å². The summed E-state index contributed by atoms with van der Waals surface area (Å²) in [7, 11) is 1.60. The van der Waals surface area contributed by atoms with E-state index in [0.717, 1.165) is 24.2 Å². The van der Waals surface area contributed by atoms with Crippen LogP contribution in [0.2, 0.25) is 0 Å². The van der Waals surface area contributed by atoms with Crippen LogP contribution in [0.5, 0.6) is 5.75 Å². The maximum absolute atomic E-state index is 12.4. The van der Waals surface area contributed by atoms with Crippen molar-refractivity contribution in [3.63, 3.8) is 0 Å². The second kappa shape index (κ2) is 5.96. The third-order valence-electron chi connectivity index (χ3n) is 4.49. The molecule has 1 amide bonds. The van der Waals surface area contributed by atoms with E-state index in [1.54, 1.807) is 7.11 Å². The van der Waals surface area contributed by atoms with Gasteiger partial charge in [0.05, 0.1) is 31.2 Å². The Balaban J connectivity index is 1.62. The molecule has 2 N–H and O–H groups in total. The highest BCUT2D eigenvalue weighted by Gasteiger charge is 2.55. The molecular weight excluding hydrogens is 286 g/mol. The van der Waals surface area contributed by atoms with E-state index in [9.17, 15) is 14.7 Å². The lowest BCUT2D eigenvalue weighted by Gasteiger charge is -2.23. The van der Waals surface area contributed by atoms with Crippen molar-refractivity contribution in [2.45, 2.75) is 31.6 Å². The Morgan fingerprint density at radius 1 is 1.23 bits per heavy atom. The van der Waals surface area contributed by atoms with Gasteiger partial charge in [0.25, 0.3) is 0 Å². The van der Waals surface area contributed by atoms with Gasteiger partial charge in [-0.3, -0.25) is 9.59 Å². The Labute approximate surface area is 128 Å². The van der Waals surface area contributed by atoms with E-state index in [0.29, 0.717) is 6.54 Å². The van der Waals surface area contributed by atoms with Gasteiger partial charge in [-0.1, -0.05) is 12.1 Å². The number of fused-ring (bicyclic) bond motifs is 2. The monoisotopic (exact) mass is 305 g/mol. The Kier molecular flexibility index (Phi) is 4.02. The van der Waals surface area contributed by atoms with Gasteiger partial charge in [-0.05, 0) is 30.5 Å². The Morgan fingerprint density at radius 3 is 2.45 bits per heavy atom. The van der Waals surface area contributed by atoms with Crippen LogP contribution < -0.4 is 10.1 Å². The number of methoxy groups -OCH3 is 1. The average molecular weight is 305 g/mol. The van der Waals surface area contributed by atoms with Crippen molar-refractivity contribution in [2.75, 3.05) is 7.11 Å². The number of carbonyl (C=O) groups is 2. The zero-order chi connectivity index (χ0) is 15.7. The van der Waals surface area contributed by atoms with Gasteiger partial charge < -0.3 is 19.9 Å². The van der Waals surface area contributed by atoms with E-state index in [1.807, 2.05) is 24.3 Å². The molecule has 0 radical (unpaired) electrons. The lowest BCUT2D eigenvalue weighted by molar-refractivity contribution is -0.147. The lowest BCUT2D eigenvalue weighted by Crippen LogP contribution is -2.43. The summed E-state index contributed by atoms with van der Waals surface area (Å²) in [5, 5.41) is 12.1. The molecule has 118 valence electrons. The van der Waals surface area contributed by atoms with Crippen LogP contribution in [0.1, 0.15) is 18.4 Å². The maximum atomic E-state index is 12.4. The second-order valence-electron chi connectivity index (χ2n) is 5.75. The number of carbonyl (C=O) groups excluding carboxylic acids is 1. The van der Waals surface area contributed by atoms with Crippen molar-refractivity contribution in [2.24, 2.45) is 11.8 Å². The molecule has 0 saturated carbocycles. The molecule has 1 aromatic carbocycles. The van der Waals surface area contributed by atoms with Crippen molar-refractivity contribution in [3.8, 4) is 5.75 Å². The SMILES string of the molecule is COc1ccc(CNC(=O)[C@@H]2[C@@H](C(=O)O)[C@@H]3CC[C@@H]2O3)cc1. The van der Waals surface area contributed by atoms with E-state index in [-0.39, 0.29) is 18.1 Å². The largest absolute Gasteiger partial charge is 0.497 e. The maximum Gasteiger partial charge on any atom is 0.310 e. The summed E-state index contributed by atoms with van der Waals surface area (Å²) in [5.41, 5.74) is 0.935. The summed E-state index contributed by atoms with van der Waals surface area (Å²) in [6.07, 6.45) is 0.903. The fourth-order valence-corrected chi connectivity index (χ4v) is 3.38. The van der Waals surface area contributed by atoms with Gasteiger partial charge in [0.15, 0.2) is 0 Å². The van der Waals surface area contributed by atoms with Crippen LogP contribution in [-0.4, -0.2) is 36.3 Å². The van der Waals surface area contributed by atoms with E-state index in [4.69, 9.17) is 9.47 Å². The fraction of sp³-hybridized carbons (Fsp3) is 0.500. The summed E-state index contributed by atoms with van der Waals surface area (Å²) in [6.45, 7) is 0.364. The Hall–Kier alpha value is -2.08. The predicted octanol–water partition coefficient (Wildman–Crippen LogP) is 1.19. The lowest BCUT2D eigenvalue weighted by atomic mass is 9.78. The molecule has 2 aliphatic rings. The number of aliphatic carboxylic acids is 1. The Bertz CT molecular complexity index is 570. The van der Waals surface area contributed by atoms with Crippen molar-refractivity contribution in [3.05, 3.63) is 29.8 Å². The van der Waals surface area contributed by atoms with Crippen molar-refractivity contribution in [1.29, 1.82) is 0 Å². The number of rotatable bonds is 5. The van der Waals surface area contributed by atoms with Crippen LogP contribution in [0.4, 0.5) is 0 Å². The van der Waals surface area contributed by atoms with Crippen molar-refractivity contribution >= 4 is 11.9 Å². The predicted molar refractivity (Wildman–Crippen MR) is 77.4 cm³/mol. The quantitative estimate of drug-likeness (QED) is 0.853. The normalized spacial score (nSPS) is 29.3. The summed E-state index contributed by atoms with van der Waals surface area (Å²) in [6, 6.07) is 7.38. The molecule has 2 fully saturated rings. The smallest absolute Gasteiger partial charge is 0.310 e. The van der Waals surface area contributed by atoms with Crippen LogP contribution in [-0.2, 0) is 20.9 Å². The molecule has 2 heterocycles. The summed E-state index contributed by atoms with van der Waals surface area (Å²) in [4.78, 5) is 23.7. The van der Waals surface area contributed by atoms with E-state index in [2.05, 4.69) is 5.32 Å². The molecular formula is C16H19NO5. The zero-order valence-electron chi connectivity index (χ0n) is 12.3. The second-order valence-corrected chi connectivity index (χ2v) is 5.75. The minimum atomic E-state index is -0.947. The molecule has 2 aliphatic heterocycles. The number of carboxylic acids is 1. The first kappa shape index (κ1) is 14.8. The van der Waals surface area contributed by atoms with Crippen LogP contribution in [0.25, 0.3) is 0 Å². The topological polar surface area (TPSA) is 84.9 Å². The standard InChI is InChI=1S/C16H19NO5/c1-21-10-4-2-9(3-5-10)8-17-15(18)13-11-6-7-12(22-11)14(13)16(19)20/h2-5,11-14H,6-8H2,1H3,(H,17,18)(H,19,20)/t11-,12-,13-,14-/m0/s1. The molecule has 6 nitrogen and oxygen atoms in total. The first-order valence-corrected chi connectivity index (χ1v) is 7.39. The van der Waals surface area contributed by atoms with Gasteiger partial charge in [-0.15, -0.1) is 0 Å². The van der Waals surface area contributed by atoms with Crippen LogP contribution in [0.3, 0.4) is 0 Å². The van der Waals surface area contributed by atoms with E-state index >= 15 is 0 Å². The summed E-state index contributed by atoms with van der Waals surface area (Å²) in [5.74, 6) is -1.75. The molecule has 0 unspecified atom stereocenters. The molecule has 3 rings (SSSR count). The molecule has 0 spiro atoms. The highest BCUT2D eigenvalue weighted by atomic mass is 16.5. The van der Waals surface area contributed by atoms with Crippen molar-refractivity contribution < 1.29 is 24.2 Å². The minimum Gasteiger partial charge on any atom is -0.497 e. The molecule has 0 aromatic heterocycles. The molecule has 1 aromatic rings. The number of amides is 1. The van der Waals surface area contributed by atoms with Gasteiger partial charge in [0.1, 0.15) is 5.75 Å². The van der Waals surface area contributed by atoms with Crippen LogP contribution in [0.15, 0.2) is 24.3 Å². The molecule has 6 heteroatoms. The number of carboxylic acid groups (broad SMARTS) is 1. The molecule has 4 atom stereocenters. The number of hydrogen-bond acceptors (Lipinski definition) is 4. The average Bonchev–Trinajstić information content (AvgIpc) is 3.14. The number of nitrogens with one attached hydrogen (secondary N) is 1. The van der Waals surface area contributed by atoms with Gasteiger partial charge in [0.2, 0.25) is 5.91 Å². The Morgan fingerprint density at radius 2 is 1.86 bits per heavy atom. The minimum absolute atomic E-state index is 0.240. The van der Waals surface area contributed by atoms with Gasteiger partial charge in [0, 0.05) is 6.54 Å². The van der Waals surface area contributed by atoms with Gasteiger partial charge in [-0.2, -0.15) is 0 Å². The van der Waals surface area contributed by atoms with Gasteiger partial charge >= 0.3 is 5.97 Å². The molecule has 0 aliphatic carbocycles. The van der Waals surface area contributed by atoms with Gasteiger partial charge in [-0.25, -0.2) is 0 Å². The fourth-order valence-electron chi connectivity index (χ4n) is 3.38. The highest BCUT2D eigenvalue weighted by molar-refractivity contribution is 5.86. The van der Waals surface area contributed by atoms with Crippen LogP contribution in [0, 0.1) is 11.8 Å². The number of hydrogen-bond donors (Lipinski definition) is 2. The number of benzene rings is 1. The first-order chi connectivity index (χ1) is 10.6. The van der Waals surface area contributed by atoms with Crippen molar-refractivity contribution in [1.82, 2.24) is 5.32 Å². The van der Waals surface area contributed by atoms with E-state index in [1.165, 1.54) is 0 Å². The molecule has 2 saturated heterocycles. The third-order valence-corrected chi connectivity index (χ3v) is 4.49. The highest BCUT2D eigenvalue weighted by Crippen LogP contribution is 2.43. The first-order valence-electron chi connectivity index (χ1n) is 7.39. The number of ether oxygens (including phenoxy) is 2. The van der Waals surface area contributed by atoms with E-state index < -0.39 is 17.8 Å². The third kappa shape index (κ3) is 2.66. The summed E-state index contributed by atoms with van der Waals surface area (Å²) < 4.78 is 10.7. The molecule has 2 bridgehead atoms. The zero-order valence-corrected chi connectivity index (χ0v) is 12.3.